The van der Waals surface area contributed by atoms with Gasteiger partial charge in [-0.3, -0.25) is 4.79 Å². The predicted molar refractivity (Wildman–Crippen MR) is 79.6 cm³/mol. The number of rotatable bonds is 5. The van der Waals surface area contributed by atoms with Crippen LogP contribution in [-0.4, -0.2) is 48.0 Å². The number of piperidine rings is 1. The Labute approximate surface area is 121 Å². The molecule has 2 atom stereocenters. The molecule has 1 aliphatic heterocycles. The van der Waals surface area contributed by atoms with E-state index in [4.69, 9.17) is 10.9 Å². The second kappa shape index (κ2) is 6.92. The number of carbonyl (C=O) groups is 1. The van der Waals surface area contributed by atoms with Gasteiger partial charge >= 0.3 is 0 Å². The van der Waals surface area contributed by atoms with E-state index < -0.39 is 5.41 Å². The second-order valence-electron chi connectivity index (χ2n) is 5.88. The maximum Gasteiger partial charge on any atom is 0.234 e. The molecule has 0 radical (unpaired) electrons. The van der Waals surface area contributed by atoms with Crippen molar-refractivity contribution in [3.05, 3.63) is 0 Å². The van der Waals surface area contributed by atoms with E-state index in [0.717, 1.165) is 19.5 Å². The molecular formula is C14H28N4O2. The number of nitrogens with one attached hydrogen (secondary N) is 1. The SMILES string of the molecule is CCC(CC)(C(=O)NC1CCN(C)CC1C)C(N)=NO. The molecule has 2 unspecified atom stereocenters. The Hall–Kier alpha value is -1.30. The largest absolute Gasteiger partial charge is 0.409 e. The average molecular weight is 284 g/mol. The van der Waals surface area contributed by atoms with Gasteiger partial charge in [-0.1, -0.05) is 25.9 Å². The summed E-state index contributed by atoms with van der Waals surface area (Å²) in [4.78, 5) is 14.9. The van der Waals surface area contributed by atoms with E-state index in [2.05, 4.69) is 29.3 Å². The number of amides is 1. The molecule has 1 aliphatic rings. The fourth-order valence-electron chi connectivity index (χ4n) is 3.02. The summed E-state index contributed by atoms with van der Waals surface area (Å²) in [6, 6.07) is 0.155. The maximum atomic E-state index is 12.6. The van der Waals surface area contributed by atoms with Crippen LogP contribution >= 0.6 is 0 Å². The molecule has 1 saturated heterocycles. The lowest BCUT2D eigenvalue weighted by Gasteiger charge is -2.38. The number of nitrogens with zero attached hydrogens (tertiary/aromatic N) is 2. The van der Waals surface area contributed by atoms with Crippen LogP contribution in [0.1, 0.15) is 40.0 Å². The van der Waals surface area contributed by atoms with Crippen molar-refractivity contribution in [3.63, 3.8) is 0 Å². The van der Waals surface area contributed by atoms with Crippen LogP contribution in [0.2, 0.25) is 0 Å². The van der Waals surface area contributed by atoms with Crippen LogP contribution in [0, 0.1) is 11.3 Å². The van der Waals surface area contributed by atoms with Crippen LogP contribution in [-0.2, 0) is 4.79 Å². The van der Waals surface area contributed by atoms with Crippen molar-refractivity contribution >= 4 is 11.7 Å². The van der Waals surface area contributed by atoms with Gasteiger partial charge in [-0.2, -0.15) is 0 Å². The minimum atomic E-state index is -0.905. The highest BCUT2D eigenvalue weighted by Crippen LogP contribution is 2.28. The smallest absolute Gasteiger partial charge is 0.234 e. The lowest BCUT2D eigenvalue weighted by atomic mass is 9.79. The Bertz CT molecular complexity index is 366. The Morgan fingerprint density at radius 3 is 2.55 bits per heavy atom. The molecule has 0 aromatic carbocycles. The van der Waals surface area contributed by atoms with Gasteiger partial charge in [0.1, 0.15) is 5.41 Å². The number of nitrogens with two attached hydrogens (primary N) is 1. The third kappa shape index (κ3) is 3.23. The molecule has 0 aliphatic carbocycles. The zero-order chi connectivity index (χ0) is 15.3. The maximum absolute atomic E-state index is 12.6. The van der Waals surface area contributed by atoms with Gasteiger partial charge in [0.05, 0.1) is 0 Å². The molecule has 4 N–H and O–H groups in total. The molecule has 0 spiro atoms. The van der Waals surface area contributed by atoms with E-state index in [0.29, 0.717) is 18.8 Å². The Morgan fingerprint density at radius 1 is 1.50 bits per heavy atom. The van der Waals surface area contributed by atoms with Crippen molar-refractivity contribution in [2.45, 2.75) is 46.1 Å². The first-order valence-corrected chi connectivity index (χ1v) is 7.38. The van der Waals surface area contributed by atoms with E-state index in [1.807, 2.05) is 13.8 Å². The fourth-order valence-corrected chi connectivity index (χ4v) is 3.02. The number of likely N-dealkylation sites (tertiary alicyclic amines) is 1. The quantitative estimate of drug-likeness (QED) is 0.304. The molecule has 0 bridgehead atoms. The molecule has 1 amide bonds. The zero-order valence-electron chi connectivity index (χ0n) is 13.0. The van der Waals surface area contributed by atoms with Gasteiger partial charge in [-0.15, -0.1) is 0 Å². The van der Waals surface area contributed by atoms with E-state index >= 15 is 0 Å². The van der Waals surface area contributed by atoms with Crippen molar-refractivity contribution in [2.24, 2.45) is 22.2 Å². The fraction of sp³-hybridized carbons (Fsp3) is 0.857. The number of hydrogen-bond donors (Lipinski definition) is 3. The summed E-state index contributed by atoms with van der Waals surface area (Å²) in [6.07, 6.45) is 1.97. The van der Waals surface area contributed by atoms with Crippen molar-refractivity contribution in [1.29, 1.82) is 0 Å². The van der Waals surface area contributed by atoms with Gasteiger partial charge in [0.2, 0.25) is 5.91 Å². The molecular weight excluding hydrogens is 256 g/mol. The molecule has 1 heterocycles. The third-order valence-electron chi connectivity index (χ3n) is 4.66. The monoisotopic (exact) mass is 284 g/mol. The van der Waals surface area contributed by atoms with Gasteiger partial charge in [0.25, 0.3) is 0 Å². The van der Waals surface area contributed by atoms with Crippen molar-refractivity contribution in [3.8, 4) is 0 Å². The number of hydrogen-bond acceptors (Lipinski definition) is 4. The summed E-state index contributed by atoms with van der Waals surface area (Å²) in [7, 11) is 2.09. The number of oxime groups is 1. The van der Waals surface area contributed by atoms with Gasteiger partial charge in [-0.05, 0) is 38.8 Å². The first-order chi connectivity index (χ1) is 9.41. The van der Waals surface area contributed by atoms with E-state index in [9.17, 15) is 4.79 Å². The minimum Gasteiger partial charge on any atom is -0.409 e. The first kappa shape index (κ1) is 16.8. The normalized spacial score (nSPS) is 25.5. The third-order valence-corrected chi connectivity index (χ3v) is 4.66. The van der Waals surface area contributed by atoms with Crippen LogP contribution in [0.3, 0.4) is 0 Å². The van der Waals surface area contributed by atoms with Crippen molar-refractivity contribution < 1.29 is 10.0 Å². The minimum absolute atomic E-state index is 0.000538. The lowest BCUT2D eigenvalue weighted by molar-refractivity contribution is -0.129. The molecule has 20 heavy (non-hydrogen) atoms. The van der Waals surface area contributed by atoms with E-state index in [1.165, 1.54) is 0 Å². The van der Waals surface area contributed by atoms with Gasteiger partial charge in [0.15, 0.2) is 5.84 Å². The Morgan fingerprint density at radius 2 is 2.10 bits per heavy atom. The number of amidine groups is 1. The van der Waals surface area contributed by atoms with Crippen LogP contribution in [0.15, 0.2) is 5.16 Å². The Kier molecular flexibility index (Phi) is 5.80. The van der Waals surface area contributed by atoms with Crippen LogP contribution in [0.25, 0.3) is 0 Å². The van der Waals surface area contributed by atoms with Crippen molar-refractivity contribution in [1.82, 2.24) is 10.2 Å². The summed E-state index contributed by atoms with van der Waals surface area (Å²) in [6.45, 7) is 7.87. The first-order valence-electron chi connectivity index (χ1n) is 7.38. The van der Waals surface area contributed by atoms with Crippen LogP contribution in [0.4, 0.5) is 0 Å². The highest BCUT2D eigenvalue weighted by molar-refractivity contribution is 6.06. The molecule has 0 aromatic rings. The molecule has 6 heteroatoms. The summed E-state index contributed by atoms with van der Waals surface area (Å²) in [5, 5.41) is 15.1. The lowest BCUT2D eigenvalue weighted by Crippen LogP contribution is -2.55. The van der Waals surface area contributed by atoms with Crippen molar-refractivity contribution in [2.75, 3.05) is 20.1 Å². The van der Waals surface area contributed by atoms with Crippen LogP contribution in [0.5, 0.6) is 0 Å². The highest BCUT2D eigenvalue weighted by atomic mass is 16.4. The Balaban J connectivity index is 2.82. The van der Waals surface area contributed by atoms with Crippen LogP contribution < -0.4 is 11.1 Å². The summed E-state index contributed by atoms with van der Waals surface area (Å²) >= 11 is 0. The molecule has 1 fully saturated rings. The number of carbonyl (C=O) groups excluding carboxylic acids is 1. The summed E-state index contributed by atoms with van der Waals surface area (Å²) in [5.41, 5.74) is 4.86. The summed E-state index contributed by atoms with van der Waals surface area (Å²) in [5.74, 6) is 0.274. The zero-order valence-corrected chi connectivity index (χ0v) is 13.0. The molecule has 0 aromatic heterocycles. The highest BCUT2D eigenvalue weighted by Gasteiger charge is 2.41. The average Bonchev–Trinajstić information content (AvgIpc) is 2.43. The predicted octanol–water partition coefficient (Wildman–Crippen LogP) is 0.996. The van der Waals surface area contributed by atoms with Gasteiger partial charge in [0, 0.05) is 12.6 Å². The molecule has 6 nitrogen and oxygen atoms in total. The van der Waals surface area contributed by atoms with Gasteiger partial charge < -0.3 is 21.2 Å². The van der Waals surface area contributed by atoms with E-state index in [1.54, 1.807) is 0 Å². The van der Waals surface area contributed by atoms with Gasteiger partial charge in [-0.25, -0.2) is 0 Å². The standard InChI is InChI=1S/C14H28N4O2/c1-5-14(6-2,12(15)17-20)13(19)16-11-7-8-18(4)9-10(11)3/h10-11,20H,5-9H2,1-4H3,(H2,15,17)(H,16,19). The topological polar surface area (TPSA) is 91.0 Å². The second-order valence-corrected chi connectivity index (χ2v) is 5.88. The summed E-state index contributed by atoms with van der Waals surface area (Å²) < 4.78 is 0. The molecule has 116 valence electrons. The van der Waals surface area contributed by atoms with E-state index in [-0.39, 0.29) is 17.8 Å². The molecule has 0 saturated carbocycles. The molecule has 1 rings (SSSR count).